The Kier molecular flexibility index (Phi) is 11.4. The first-order chi connectivity index (χ1) is 21.7. The van der Waals surface area contributed by atoms with E-state index in [2.05, 4.69) is 23.7 Å². The van der Waals surface area contributed by atoms with Crippen molar-refractivity contribution in [1.82, 2.24) is 0 Å². The van der Waals surface area contributed by atoms with E-state index in [4.69, 9.17) is 28.4 Å². The molecule has 0 atom stereocenters. The normalized spacial score (nSPS) is 9.70. The fourth-order valence-corrected chi connectivity index (χ4v) is 3.66. The van der Waals surface area contributed by atoms with E-state index < -0.39 is 35.8 Å². The summed E-state index contributed by atoms with van der Waals surface area (Å²) in [6.07, 6.45) is 0. The molecule has 12 nitrogen and oxygen atoms in total. The first-order valence-electron chi connectivity index (χ1n) is 13.3. The number of hydrogen-bond donors (Lipinski definition) is 0. The van der Waals surface area contributed by atoms with Crippen molar-refractivity contribution in [2.24, 2.45) is 0 Å². The Labute approximate surface area is 263 Å². The van der Waals surface area contributed by atoms with E-state index in [-0.39, 0.29) is 56.8 Å². The van der Waals surface area contributed by atoms with Crippen LogP contribution in [-0.2, 0) is 28.8 Å². The molecule has 0 unspecified atom stereocenters. The number of hydrogen-bond acceptors (Lipinski definition) is 12. The van der Waals surface area contributed by atoms with Gasteiger partial charge in [-0.1, -0.05) is 23.7 Å². The van der Waals surface area contributed by atoms with Gasteiger partial charge < -0.3 is 28.4 Å². The lowest BCUT2D eigenvalue weighted by Crippen LogP contribution is -2.07. The summed E-state index contributed by atoms with van der Waals surface area (Å²) in [4.78, 5) is 70.2. The summed E-state index contributed by atoms with van der Waals surface area (Å²) in [6.45, 7) is 7.15. The smallest absolute Gasteiger partial charge is 0.308 e. The first-order valence-corrected chi connectivity index (χ1v) is 13.3. The van der Waals surface area contributed by atoms with Gasteiger partial charge in [-0.25, -0.2) is 0 Å². The molecule has 46 heavy (non-hydrogen) atoms. The van der Waals surface area contributed by atoms with Crippen LogP contribution in [0.15, 0.2) is 48.5 Å². The number of esters is 6. The maximum absolute atomic E-state index is 12.0. The molecule has 12 heteroatoms. The summed E-state index contributed by atoms with van der Waals surface area (Å²) in [7, 11) is 0. The van der Waals surface area contributed by atoms with Crippen molar-refractivity contribution < 1.29 is 57.2 Å². The van der Waals surface area contributed by atoms with Gasteiger partial charge in [-0.3, -0.25) is 28.8 Å². The van der Waals surface area contributed by atoms with Gasteiger partial charge in [0.1, 0.15) is 34.5 Å². The minimum Gasteiger partial charge on any atom is -0.427 e. The number of rotatable bonds is 6. The molecular weight excluding hydrogens is 600 g/mol. The van der Waals surface area contributed by atoms with E-state index in [0.29, 0.717) is 0 Å². The molecule has 0 bridgehead atoms. The lowest BCUT2D eigenvalue weighted by Gasteiger charge is -2.11. The van der Waals surface area contributed by atoms with Crippen LogP contribution in [0, 0.1) is 23.7 Å². The van der Waals surface area contributed by atoms with Crippen molar-refractivity contribution in [3.05, 3.63) is 70.8 Å². The van der Waals surface area contributed by atoms with Gasteiger partial charge in [0.2, 0.25) is 0 Å². The van der Waals surface area contributed by atoms with E-state index in [1.165, 1.54) is 76.2 Å². The summed E-state index contributed by atoms with van der Waals surface area (Å²) >= 11 is 0. The molecule has 0 spiro atoms. The van der Waals surface area contributed by atoms with Crippen molar-refractivity contribution in [1.29, 1.82) is 0 Å². The highest BCUT2D eigenvalue weighted by molar-refractivity contribution is 5.76. The van der Waals surface area contributed by atoms with Crippen LogP contribution in [0.25, 0.3) is 0 Å². The van der Waals surface area contributed by atoms with E-state index >= 15 is 0 Å². The number of carbonyl (C=O) groups excluding carboxylic acids is 6. The average molecular weight is 627 g/mol. The second-order valence-electron chi connectivity index (χ2n) is 9.22. The van der Waals surface area contributed by atoms with E-state index in [1.807, 2.05) is 0 Å². The number of carbonyl (C=O) groups is 6. The minimum atomic E-state index is -0.703. The van der Waals surface area contributed by atoms with Crippen LogP contribution in [-0.4, -0.2) is 35.8 Å². The van der Waals surface area contributed by atoms with Crippen molar-refractivity contribution in [2.45, 2.75) is 41.5 Å². The van der Waals surface area contributed by atoms with Crippen molar-refractivity contribution in [3.8, 4) is 58.2 Å². The highest BCUT2D eigenvalue weighted by Gasteiger charge is 2.15. The zero-order valence-electron chi connectivity index (χ0n) is 25.5. The zero-order chi connectivity index (χ0) is 34.0. The third-order valence-electron chi connectivity index (χ3n) is 5.19. The van der Waals surface area contributed by atoms with Gasteiger partial charge in [-0.15, -0.1) is 0 Å². The Morgan fingerprint density at radius 2 is 0.630 bits per heavy atom. The minimum absolute atomic E-state index is 0.0622. The molecule has 0 fully saturated rings. The summed E-state index contributed by atoms with van der Waals surface area (Å²) in [6, 6.07) is 11.0. The van der Waals surface area contributed by atoms with Gasteiger partial charge >= 0.3 is 35.8 Å². The molecule has 0 radical (unpaired) electrons. The molecule has 0 aliphatic carbocycles. The van der Waals surface area contributed by atoms with Crippen LogP contribution in [0.5, 0.6) is 34.5 Å². The predicted molar refractivity (Wildman–Crippen MR) is 159 cm³/mol. The number of ether oxygens (including phenoxy) is 6. The third-order valence-corrected chi connectivity index (χ3v) is 5.19. The number of benzene rings is 3. The fourth-order valence-electron chi connectivity index (χ4n) is 3.66. The largest absolute Gasteiger partial charge is 0.427 e. The Morgan fingerprint density at radius 1 is 0.370 bits per heavy atom. The zero-order valence-corrected chi connectivity index (χ0v) is 25.5. The summed E-state index contributed by atoms with van der Waals surface area (Å²) in [5, 5.41) is 0. The molecule has 0 saturated heterocycles. The third kappa shape index (κ3) is 10.4. The lowest BCUT2D eigenvalue weighted by atomic mass is 10.1. The van der Waals surface area contributed by atoms with Crippen LogP contribution in [0.4, 0.5) is 0 Å². The van der Waals surface area contributed by atoms with Crippen molar-refractivity contribution in [2.75, 3.05) is 0 Å². The molecule has 0 saturated carbocycles. The topological polar surface area (TPSA) is 158 Å². The molecule has 3 aromatic rings. The Morgan fingerprint density at radius 3 is 0.913 bits per heavy atom. The molecule has 0 heterocycles. The van der Waals surface area contributed by atoms with Crippen LogP contribution in [0.1, 0.15) is 63.8 Å². The van der Waals surface area contributed by atoms with Crippen molar-refractivity contribution in [3.63, 3.8) is 0 Å². The SMILES string of the molecule is CC(=O)Oc1ccc(OC(C)=O)c(C#Cc2cc(OC(C)=O)c(C#Cc3cc(OC(C)=O)ccc3OC(C)=O)cc2OC(C)=O)c1. The second kappa shape index (κ2) is 15.4. The molecule has 0 amide bonds. The van der Waals surface area contributed by atoms with Crippen LogP contribution in [0.2, 0.25) is 0 Å². The highest BCUT2D eigenvalue weighted by Crippen LogP contribution is 2.31. The standard InChI is InChI=1S/C34H26O12/c1-19(35)41-29-11-13-31(43-21(3)37)25(15-29)7-9-27-17-34(46-24(6)40)28(18-33(27)45-23(5)39)10-8-26-16-30(42-20(2)36)12-14-32(26)44-22(4)38/h11-18H,1-6H3. The summed E-state index contributed by atoms with van der Waals surface area (Å²) < 4.78 is 31.3. The molecule has 0 aromatic heterocycles. The quantitative estimate of drug-likeness (QED) is 0.220. The molecule has 0 aliphatic rings. The predicted octanol–water partition coefficient (Wildman–Crippen LogP) is 4.04. The van der Waals surface area contributed by atoms with Gasteiger partial charge in [-0.05, 0) is 24.3 Å². The first kappa shape index (κ1) is 34.1. The van der Waals surface area contributed by atoms with E-state index in [9.17, 15) is 28.8 Å². The van der Waals surface area contributed by atoms with Gasteiger partial charge in [0.05, 0.1) is 22.3 Å². The molecule has 0 N–H and O–H groups in total. The monoisotopic (exact) mass is 626 g/mol. The van der Waals surface area contributed by atoms with Gasteiger partial charge in [0, 0.05) is 65.8 Å². The highest BCUT2D eigenvalue weighted by atomic mass is 16.6. The van der Waals surface area contributed by atoms with E-state index in [0.717, 1.165) is 13.8 Å². The molecular formula is C34H26O12. The fraction of sp³-hybridized carbons (Fsp3) is 0.176. The van der Waals surface area contributed by atoms with Crippen LogP contribution in [0.3, 0.4) is 0 Å². The molecule has 3 rings (SSSR count). The molecule has 234 valence electrons. The van der Waals surface area contributed by atoms with Gasteiger partial charge in [0.25, 0.3) is 0 Å². The maximum atomic E-state index is 12.0. The Bertz CT molecular complexity index is 1740. The van der Waals surface area contributed by atoms with Gasteiger partial charge in [-0.2, -0.15) is 0 Å². The van der Waals surface area contributed by atoms with Crippen molar-refractivity contribution >= 4 is 35.8 Å². The van der Waals surface area contributed by atoms with E-state index in [1.54, 1.807) is 0 Å². The molecule has 3 aromatic carbocycles. The summed E-state index contributed by atoms with van der Waals surface area (Å²) in [5.74, 6) is 7.59. The molecule has 0 aliphatic heterocycles. The summed E-state index contributed by atoms with van der Waals surface area (Å²) in [5.41, 5.74) is 0.430. The average Bonchev–Trinajstić information content (AvgIpc) is 2.92. The second-order valence-corrected chi connectivity index (χ2v) is 9.22. The Hall–Kier alpha value is -6.40. The van der Waals surface area contributed by atoms with Crippen LogP contribution < -0.4 is 28.4 Å². The maximum Gasteiger partial charge on any atom is 0.308 e. The van der Waals surface area contributed by atoms with Crippen LogP contribution >= 0.6 is 0 Å². The lowest BCUT2D eigenvalue weighted by molar-refractivity contribution is -0.133. The Balaban J connectivity index is 2.22. The van der Waals surface area contributed by atoms with Gasteiger partial charge in [0.15, 0.2) is 0 Å².